The fraction of sp³-hybridized carbons (Fsp3) is 0.409. The van der Waals surface area contributed by atoms with Crippen molar-refractivity contribution in [2.75, 3.05) is 18.4 Å². The Morgan fingerprint density at radius 2 is 1.77 bits per heavy atom. The Morgan fingerprint density at radius 1 is 1.08 bits per heavy atom. The van der Waals surface area contributed by atoms with E-state index in [2.05, 4.69) is 41.4 Å². The quantitative estimate of drug-likeness (QED) is 0.844. The van der Waals surface area contributed by atoms with Crippen LogP contribution in [-0.4, -0.2) is 36.1 Å². The van der Waals surface area contributed by atoms with Gasteiger partial charge in [-0.1, -0.05) is 35.9 Å². The number of para-hydroxylation sites is 1. The van der Waals surface area contributed by atoms with Gasteiger partial charge in [-0.15, -0.1) is 0 Å². The summed E-state index contributed by atoms with van der Waals surface area (Å²) in [6.07, 6.45) is 2.20. The molecule has 4 rings (SSSR count). The Kier molecular flexibility index (Phi) is 4.68. The number of carbonyl (C=O) groups is 1. The van der Waals surface area contributed by atoms with Crippen LogP contribution < -0.4 is 5.32 Å². The van der Waals surface area contributed by atoms with Gasteiger partial charge >= 0.3 is 5.97 Å². The maximum absolute atomic E-state index is 12.8. The summed E-state index contributed by atoms with van der Waals surface area (Å²) in [5.41, 5.74) is 4.13. The predicted octanol–water partition coefficient (Wildman–Crippen LogP) is 4.17. The summed E-state index contributed by atoms with van der Waals surface area (Å²) in [7, 11) is 0. The lowest BCUT2D eigenvalue weighted by molar-refractivity contribution is -0.00584. The van der Waals surface area contributed by atoms with E-state index in [1.165, 1.54) is 18.4 Å². The Labute approximate surface area is 155 Å². The van der Waals surface area contributed by atoms with E-state index >= 15 is 0 Å². The molecule has 2 heterocycles. The number of esters is 1. The first-order valence-electron chi connectivity index (χ1n) is 9.50. The fourth-order valence-electron chi connectivity index (χ4n) is 4.14. The second kappa shape index (κ2) is 7.12. The lowest BCUT2D eigenvalue weighted by Gasteiger charge is -2.42. The number of fused-ring (bicyclic) bond motifs is 1. The molecule has 0 aliphatic carbocycles. The van der Waals surface area contributed by atoms with E-state index in [1.807, 2.05) is 31.2 Å². The highest BCUT2D eigenvalue weighted by molar-refractivity contribution is 5.89. The molecule has 0 bridgehead atoms. The van der Waals surface area contributed by atoms with E-state index in [1.54, 1.807) is 0 Å². The molecule has 0 unspecified atom stereocenters. The number of anilines is 1. The van der Waals surface area contributed by atoms with Crippen molar-refractivity contribution in [3.8, 4) is 0 Å². The average Bonchev–Trinajstić information content (AvgIpc) is 3.17. The minimum atomic E-state index is -0.243. The lowest BCUT2D eigenvalue weighted by Crippen LogP contribution is -2.49. The van der Waals surface area contributed by atoms with Gasteiger partial charge in [-0.3, -0.25) is 4.90 Å². The van der Waals surface area contributed by atoms with E-state index in [0.717, 1.165) is 24.3 Å². The second-order valence-corrected chi connectivity index (χ2v) is 7.44. The highest BCUT2D eigenvalue weighted by atomic mass is 16.5. The second-order valence-electron chi connectivity index (χ2n) is 7.44. The van der Waals surface area contributed by atoms with Gasteiger partial charge in [-0.25, -0.2) is 4.79 Å². The Balaban J connectivity index is 1.64. The van der Waals surface area contributed by atoms with Gasteiger partial charge in [0.1, 0.15) is 6.10 Å². The summed E-state index contributed by atoms with van der Waals surface area (Å²) in [6, 6.07) is 16.2. The van der Waals surface area contributed by atoms with Crippen LogP contribution >= 0.6 is 0 Å². The third-order valence-electron chi connectivity index (χ3n) is 5.53. The largest absolute Gasteiger partial charge is 0.455 e. The predicted molar refractivity (Wildman–Crippen MR) is 103 cm³/mol. The summed E-state index contributed by atoms with van der Waals surface area (Å²) >= 11 is 0. The molecule has 2 aliphatic heterocycles. The topological polar surface area (TPSA) is 41.6 Å². The van der Waals surface area contributed by atoms with Gasteiger partial charge in [0, 0.05) is 5.69 Å². The van der Waals surface area contributed by atoms with Crippen molar-refractivity contribution in [1.82, 2.24) is 4.90 Å². The molecule has 2 aromatic carbocycles. The molecule has 2 aliphatic rings. The minimum absolute atomic E-state index is 0.0601. The molecule has 1 saturated heterocycles. The third-order valence-corrected chi connectivity index (χ3v) is 5.53. The molecule has 0 radical (unpaired) electrons. The van der Waals surface area contributed by atoms with Gasteiger partial charge in [-0.05, 0) is 63.5 Å². The number of ether oxygens (including phenoxy) is 1. The van der Waals surface area contributed by atoms with Crippen molar-refractivity contribution < 1.29 is 9.53 Å². The molecule has 26 heavy (non-hydrogen) atoms. The summed E-state index contributed by atoms with van der Waals surface area (Å²) in [4.78, 5) is 15.2. The molecular weight excluding hydrogens is 324 g/mol. The van der Waals surface area contributed by atoms with Crippen molar-refractivity contribution in [3.63, 3.8) is 0 Å². The van der Waals surface area contributed by atoms with Crippen LogP contribution in [0.25, 0.3) is 0 Å². The Morgan fingerprint density at radius 3 is 2.50 bits per heavy atom. The molecule has 3 atom stereocenters. The van der Waals surface area contributed by atoms with Gasteiger partial charge in [-0.2, -0.15) is 0 Å². The van der Waals surface area contributed by atoms with Crippen LogP contribution in [0.4, 0.5) is 5.69 Å². The summed E-state index contributed by atoms with van der Waals surface area (Å²) in [6.45, 7) is 6.24. The van der Waals surface area contributed by atoms with E-state index < -0.39 is 0 Å². The molecule has 0 amide bonds. The molecule has 1 fully saturated rings. The highest BCUT2D eigenvalue weighted by Crippen LogP contribution is 2.40. The van der Waals surface area contributed by atoms with Crippen LogP contribution in [0.5, 0.6) is 0 Å². The molecule has 4 nitrogen and oxygen atoms in total. The number of likely N-dealkylation sites (tertiary alicyclic amines) is 1. The van der Waals surface area contributed by atoms with E-state index in [0.29, 0.717) is 5.56 Å². The standard InChI is InChI=1S/C22H26N2O2/c1-15-9-11-17(12-10-15)22(25)26-21-16(2)23-19-8-4-3-7-18(19)20(21)24-13-5-6-14-24/h3-4,7-12,16,20-21,23H,5-6,13-14H2,1-2H3/t16-,20-,21+/m1/s1. The molecule has 136 valence electrons. The fourth-order valence-corrected chi connectivity index (χ4v) is 4.14. The molecule has 2 aromatic rings. The summed E-state index contributed by atoms with van der Waals surface area (Å²) in [5.74, 6) is -0.243. The summed E-state index contributed by atoms with van der Waals surface area (Å²) in [5, 5.41) is 3.53. The monoisotopic (exact) mass is 350 g/mol. The first kappa shape index (κ1) is 17.1. The van der Waals surface area contributed by atoms with E-state index in [4.69, 9.17) is 4.74 Å². The van der Waals surface area contributed by atoms with Gasteiger partial charge in [0.15, 0.2) is 0 Å². The zero-order chi connectivity index (χ0) is 18.1. The van der Waals surface area contributed by atoms with Crippen LogP contribution in [0, 0.1) is 6.92 Å². The maximum atomic E-state index is 12.8. The molecule has 1 N–H and O–H groups in total. The van der Waals surface area contributed by atoms with Gasteiger partial charge < -0.3 is 10.1 Å². The van der Waals surface area contributed by atoms with Gasteiger partial charge in [0.2, 0.25) is 0 Å². The van der Waals surface area contributed by atoms with E-state index in [-0.39, 0.29) is 24.2 Å². The number of hydrogen-bond donors (Lipinski definition) is 1. The number of carbonyl (C=O) groups excluding carboxylic acids is 1. The van der Waals surface area contributed by atoms with Crippen LogP contribution in [0.3, 0.4) is 0 Å². The van der Waals surface area contributed by atoms with Crippen molar-refractivity contribution in [2.24, 2.45) is 0 Å². The van der Waals surface area contributed by atoms with Crippen molar-refractivity contribution >= 4 is 11.7 Å². The first-order chi connectivity index (χ1) is 12.6. The lowest BCUT2D eigenvalue weighted by atomic mass is 9.89. The number of benzene rings is 2. The third kappa shape index (κ3) is 3.21. The minimum Gasteiger partial charge on any atom is -0.455 e. The van der Waals surface area contributed by atoms with Gasteiger partial charge in [0.25, 0.3) is 0 Å². The van der Waals surface area contributed by atoms with Crippen molar-refractivity contribution in [1.29, 1.82) is 0 Å². The number of nitrogens with zero attached hydrogens (tertiary/aromatic N) is 1. The SMILES string of the molecule is Cc1ccc(C(=O)O[C@@H]2[C@H](N3CCCC3)c3ccccc3N[C@@H]2C)cc1. The molecule has 0 aromatic heterocycles. The Hall–Kier alpha value is -2.33. The zero-order valence-corrected chi connectivity index (χ0v) is 15.4. The number of rotatable bonds is 3. The number of hydrogen-bond acceptors (Lipinski definition) is 4. The van der Waals surface area contributed by atoms with Crippen molar-refractivity contribution in [2.45, 2.75) is 44.9 Å². The Bertz CT molecular complexity index is 781. The zero-order valence-electron chi connectivity index (χ0n) is 15.4. The highest BCUT2D eigenvalue weighted by Gasteiger charge is 2.41. The van der Waals surface area contributed by atoms with Crippen LogP contribution in [0.1, 0.15) is 47.3 Å². The molecular formula is C22H26N2O2. The normalized spacial score (nSPS) is 25.4. The van der Waals surface area contributed by atoms with Crippen molar-refractivity contribution in [3.05, 3.63) is 65.2 Å². The maximum Gasteiger partial charge on any atom is 0.338 e. The summed E-state index contributed by atoms with van der Waals surface area (Å²) < 4.78 is 6.07. The molecule has 0 spiro atoms. The van der Waals surface area contributed by atoms with Crippen LogP contribution in [0.15, 0.2) is 48.5 Å². The van der Waals surface area contributed by atoms with Gasteiger partial charge in [0.05, 0.1) is 17.6 Å². The first-order valence-corrected chi connectivity index (χ1v) is 9.50. The van der Waals surface area contributed by atoms with Crippen LogP contribution in [-0.2, 0) is 4.74 Å². The number of nitrogens with one attached hydrogen (secondary N) is 1. The van der Waals surface area contributed by atoms with E-state index in [9.17, 15) is 4.79 Å². The molecule has 0 saturated carbocycles. The average molecular weight is 350 g/mol. The van der Waals surface area contributed by atoms with Crippen LogP contribution in [0.2, 0.25) is 0 Å². The smallest absolute Gasteiger partial charge is 0.338 e. The number of aryl methyl sites for hydroxylation is 1. The molecule has 4 heteroatoms.